The molecule has 10 heteroatoms. The van der Waals surface area contributed by atoms with Gasteiger partial charge in [0.15, 0.2) is 30.1 Å². The summed E-state index contributed by atoms with van der Waals surface area (Å²) in [5.41, 5.74) is -2.04. The van der Waals surface area contributed by atoms with E-state index in [9.17, 15) is 20.3 Å². The van der Waals surface area contributed by atoms with Gasteiger partial charge in [-0.15, -0.1) is 0 Å². The SMILES string of the molecule is C#[N+][C@]1(CO)O[C@@H](n2cnc3c(=O)[nH]cnc32)[C@@H](C#N)[C@@H]1O. The third kappa shape index (κ3) is 1.72. The molecule has 1 fully saturated rings. The molecule has 0 spiro atoms. The van der Waals surface area contributed by atoms with E-state index in [2.05, 4.69) is 19.8 Å². The van der Waals surface area contributed by atoms with Gasteiger partial charge in [-0.1, -0.05) is 0 Å². The number of hydrogen-bond donors (Lipinski definition) is 3. The van der Waals surface area contributed by atoms with Gasteiger partial charge in [-0.2, -0.15) is 5.26 Å². The fourth-order valence-corrected chi connectivity index (χ4v) is 2.48. The maximum Gasteiger partial charge on any atom is 0.436 e. The summed E-state index contributed by atoms with van der Waals surface area (Å²) in [6, 6.07) is 1.89. The van der Waals surface area contributed by atoms with E-state index in [0.717, 1.165) is 0 Å². The van der Waals surface area contributed by atoms with Gasteiger partial charge < -0.3 is 15.2 Å². The molecule has 3 rings (SSSR count). The van der Waals surface area contributed by atoms with Crippen molar-refractivity contribution in [2.75, 3.05) is 6.61 Å². The van der Waals surface area contributed by atoms with Crippen molar-refractivity contribution in [3.05, 3.63) is 27.9 Å². The number of aromatic nitrogens is 4. The highest BCUT2D eigenvalue weighted by atomic mass is 16.6. The number of hydrogen-bond acceptors (Lipinski definition) is 7. The molecule has 112 valence electrons. The number of aromatic amines is 1. The molecular weight excluding hydrogens is 292 g/mol. The molecule has 22 heavy (non-hydrogen) atoms. The first kappa shape index (κ1) is 14.2. The standard InChI is InChI=1S/C12H10N6O4/c1-14-12(3-19)8(20)6(2-13)11(22-12)18-5-17-7-9(18)15-4-16-10(7)21/h1,4-6,8,11,19-20H,3H2/p+1/t6-,8-,11+,12+/m0/s1. The van der Waals surface area contributed by atoms with E-state index < -0.39 is 36.1 Å². The maximum absolute atomic E-state index is 11.7. The second kappa shape index (κ2) is 4.89. The molecule has 0 aliphatic carbocycles. The van der Waals surface area contributed by atoms with Gasteiger partial charge in [0.2, 0.25) is 0 Å². The molecule has 0 unspecified atom stereocenters. The number of aliphatic hydroxyl groups is 2. The van der Waals surface area contributed by atoms with Gasteiger partial charge in [0.1, 0.15) is 5.92 Å². The predicted octanol–water partition coefficient (Wildman–Crippen LogP) is -1.20. The van der Waals surface area contributed by atoms with Crippen molar-refractivity contribution in [1.82, 2.24) is 19.5 Å². The van der Waals surface area contributed by atoms with Crippen LogP contribution in [0.15, 0.2) is 17.4 Å². The van der Waals surface area contributed by atoms with Gasteiger partial charge in [-0.25, -0.2) is 9.97 Å². The zero-order chi connectivity index (χ0) is 15.9. The maximum atomic E-state index is 11.7. The highest BCUT2D eigenvalue weighted by Crippen LogP contribution is 2.42. The molecule has 2 aromatic heterocycles. The summed E-state index contributed by atoms with van der Waals surface area (Å²) in [4.78, 5) is 25.3. The van der Waals surface area contributed by atoms with Crippen molar-refractivity contribution >= 4 is 11.2 Å². The first-order valence-electron chi connectivity index (χ1n) is 6.26. The zero-order valence-electron chi connectivity index (χ0n) is 11.1. The Bertz CT molecular complexity index is 861. The summed E-state index contributed by atoms with van der Waals surface area (Å²) in [5.74, 6) is -1.09. The number of aliphatic hydroxyl groups excluding tert-OH is 2. The number of fused-ring (bicyclic) bond motifs is 1. The monoisotopic (exact) mass is 303 g/mol. The molecule has 2 aromatic rings. The van der Waals surface area contributed by atoms with Crippen LogP contribution in [0.2, 0.25) is 0 Å². The highest BCUT2D eigenvalue weighted by Gasteiger charge is 2.64. The quantitative estimate of drug-likeness (QED) is 0.632. The van der Waals surface area contributed by atoms with Crippen LogP contribution in [0, 0.1) is 23.8 Å². The normalized spacial score (nSPS) is 31.0. The summed E-state index contributed by atoms with van der Waals surface area (Å²) in [6.07, 6.45) is -0.0587. The Balaban J connectivity index is 2.15. The molecule has 4 atom stereocenters. The Morgan fingerprint density at radius 1 is 1.64 bits per heavy atom. The number of nitrogens with zero attached hydrogens (tertiary/aromatic N) is 5. The zero-order valence-corrected chi connectivity index (χ0v) is 11.1. The largest absolute Gasteiger partial charge is 0.436 e. The Kier molecular flexibility index (Phi) is 3.15. The van der Waals surface area contributed by atoms with E-state index >= 15 is 0 Å². The minimum absolute atomic E-state index is 0.0588. The van der Waals surface area contributed by atoms with Crippen LogP contribution in [-0.4, -0.2) is 48.2 Å². The van der Waals surface area contributed by atoms with E-state index in [-0.39, 0.29) is 11.2 Å². The number of H-pyrrole nitrogens is 1. The van der Waals surface area contributed by atoms with Crippen LogP contribution in [-0.2, 0) is 4.74 Å². The van der Waals surface area contributed by atoms with Gasteiger partial charge in [-0.05, 0) is 4.85 Å². The average molecular weight is 303 g/mol. The topological polar surface area (TPSA) is 141 Å². The number of imidazole rings is 1. The van der Waals surface area contributed by atoms with Crippen LogP contribution in [0.4, 0.5) is 0 Å². The van der Waals surface area contributed by atoms with Crippen molar-refractivity contribution < 1.29 is 14.9 Å². The lowest BCUT2D eigenvalue weighted by atomic mass is 9.98. The molecule has 0 amide bonds. The van der Waals surface area contributed by atoms with Gasteiger partial charge in [0, 0.05) is 0 Å². The van der Waals surface area contributed by atoms with Gasteiger partial charge in [0.25, 0.3) is 12.1 Å². The average Bonchev–Trinajstić information content (AvgIpc) is 3.07. The molecular formula is C12H11N6O4+. The third-order valence-electron chi connectivity index (χ3n) is 3.67. The first-order chi connectivity index (χ1) is 10.6. The molecule has 1 aliphatic rings. The smallest absolute Gasteiger partial charge is 0.385 e. The molecule has 0 bridgehead atoms. The van der Waals surface area contributed by atoms with Crippen molar-refractivity contribution in [2.45, 2.75) is 18.1 Å². The second-order valence-corrected chi connectivity index (χ2v) is 4.80. The van der Waals surface area contributed by atoms with Crippen molar-refractivity contribution in [3.8, 4) is 12.6 Å². The summed E-state index contributed by atoms with van der Waals surface area (Å²) in [5, 5.41) is 28.9. The number of ether oxygens (including phenoxy) is 1. The summed E-state index contributed by atoms with van der Waals surface area (Å²) >= 11 is 0. The molecule has 1 saturated heterocycles. The second-order valence-electron chi connectivity index (χ2n) is 4.80. The van der Waals surface area contributed by atoms with Gasteiger partial charge >= 0.3 is 5.72 Å². The number of nitriles is 1. The molecule has 0 saturated carbocycles. The fourth-order valence-electron chi connectivity index (χ4n) is 2.48. The fraction of sp³-hybridized carbons (Fsp3) is 0.417. The Morgan fingerprint density at radius 3 is 3.05 bits per heavy atom. The van der Waals surface area contributed by atoms with Crippen LogP contribution >= 0.6 is 0 Å². The Hall–Kier alpha value is -2.79. The molecule has 0 aromatic carbocycles. The first-order valence-corrected chi connectivity index (χ1v) is 6.26. The lowest BCUT2D eigenvalue weighted by Crippen LogP contribution is -2.41. The lowest BCUT2D eigenvalue weighted by molar-refractivity contribution is -0.0972. The number of nitrogens with one attached hydrogen (secondary N) is 1. The molecule has 1 aliphatic heterocycles. The molecule has 3 heterocycles. The minimum Gasteiger partial charge on any atom is -0.385 e. The van der Waals surface area contributed by atoms with Gasteiger partial charge in [0.05, 0.1) is 18.7 Å². The summed E-state index contributed by atoms with van der Waals surface area (Å²) in [6.45, 7) is 4.51. The Morgan fingerprint density at radius 2 is 2.41 bits per heavy atom. The Labute approximate surface area is 123 Å². The van der Waals surface area contributed by atoms with Crippen molar-refractivity contribution in [3.63, 3.8) is 0 Å². The molecule has 3 N–H and O–H groups in total. The minimum atomic E-state index is -1.82. The molecule has 10 nitrogen and oxygen atoms in total. The van der Waals surface area contributed by atoms with Gasteiger partial charge in [-0.3, -0.25) is 14.1 Å². The van der Waals surface area contributed by atoms with E-state index in [4.69, 9.17) is 11.3 Å². The van der Waals surface area contributed by atoms with E-state index in [1.165, 1.54) is 17.2 Å². The van der Waals surface area contributed by atoms with Crippen molar-refractivity contribution in [2.24, 2.45) is 5.92 Å². The van der Waals surface area contributed by atoms with E-state index in [1.807, 2.05) is 6.07 Å². The van der Waals surface area contributed by atoms with E-state index in [0.29, 0.717) is 0 Å². The predicted molar refractivity (Wildman–Crippen MR) is 71.5 cm³/mol. The van der Waals surface area contributed by atoms with Crippen LogP contribution < -0.4 is 5.56 Å². The van der Waals surface area contributed by atoms with E-state index in [1.54, 1.807) is 0 Å². The number of rotatable bonds is 2. The van der Waals surface area contributed by atoms with Crippen LogP contribution in [0.3, 0.4) is 0 Å². The van der Waals surface area contributed by atoms with Crippen LogP contribution in [0.25, 0.3) is 16.0 Å². The summed E-state index contributed by atoms with van der Waals surface area (Å²) in [7, 11) is 0. The molecule has 0 radical (unpaired) electrons. The lowest BCUT2D eigenvalue weighted by Gasteiger charge is -2.14. The highest BCUT2D eigenvalue weighted by molar-refractivity contribution is 5.68. The van der Waals surface area contributed by atoms with Crippen LogP contribution in [0.5, 0.6) is 0 Å². The third-order valence-corrected chi connectivity index (χ3v) is 3.67. The van der Waals surface area contributed by atoms with Crippen molar-refractivity contribution in [1.29, 1.82) is 5.26 Å². The summed E-state index contributed by atoms with van der Waals surface area (Å²) < 4.78 is 6.84. The van der Waals surface area contributed by atoms with Crippen LogP contribution in [0.1, 0.15) is 6.23 Å².